The maximum atomic E-state index is 14.0. The average molecular weight is 401 g/mol. The van der Waals surface area contributed by atoms with E-state index in [4.69, 9.17) is 0 Å². The number of likely N-dealkylation sites (tertiary alicyclic amines) is 1. The lowest BCUT2D eigenvalue weighted by atomic mass is 10.1. The molecule has 1 aliphatic carbocycles. The van der Waals surface area contributed by atoms with Gasteiger partial charge in [-0.3, -0.25) is 14.4 Å². The van der Waals surface area contributed by atoms with Gasteiger partial charge >= 0.3 is 0 Å². The maximum Gasteiger partial charge on any atom is 0.256 e. The Morgan fingerprint density at radius 3 is 2.38 bits per heavy atom. The van der Waals surface area contributed by atoms with Gasteiger partial charge in [0.05, 0.1) is 11.5 Å². The summed E-state index contributed by atoms with van der Waals surface area (Å²) in [6, 6.07) is 6.30. The fourth-order valence-electron chi connectivity index (χ4n) is 4.87. The molecule has 0 bridgehead atoms. The maximum absolute atomic E-state index is 14.0. The van der Waals surface area contributed by atoms with Gasteiger partial charge in [-0.1, -0.05) is 25.0 Å². The molecular weight excluding hydrogens is 373 g/mol. The lowest BCUT2D eigenvalue weighted by Gasteiger charge is -2.26. The summed E-state index contributed by atoms with van der Waals surface area (Å²) in [5, 5.41) is 0. The van der Waals surface area contributed by atoms with Gasteiger partial charge in [-0.25, -0.2) is 4.39 Å². The summed E-state index contributed by atoms with van der Waals surface area (Å²) in [6.45, 7) is 2.39. The topological polar surface area (TPSA) is 60.9 Å². The molecule has 1 saturated carbocycles. The zero-order valence-electron chi connectivity index (χ0n) is 16.7. The van der Waals surface area contributed by atoms with Crippen LogP contribution in [-0.2, 0) is 9.59 Å². The Morgan fingerprint density at radius 1 is 0.931 bits per heavy atom. The Hall–Kier alpha value is -2.44. The van der Waals surface area contributed by atoms with Gasteiger partial charge in [-0.2, -0.15) is 0 Å². The number of carbonyl (C=O) groups is 3. The Morgan fingerprint density at radius 2 is 1.62 bits per heavy atom. The molecule has 1 unspecified atom stereocenters. The minimum Gasteiger partial charge on any atom is -0.341 e. The van der Waals surface area contributed by atoms with Gasteiger partial charge in [-0.15, -0.1) is 0 Å². The van der Waals surface area contributed by atoms with Gasteiger partial charge in [-0.05, 0) is 31.4 Å². The standard InChI is InChI=1S/C22H28FN3O3/c23-19-9-4-3-8-18(19)22(29)25-11-5-10-24(12-13-25)21(28)16-14-20(27)26(15-16)17-6-1-2-7-17/h3-4,8-9,16-17H,1-2,5-7,10-15H2. The van der Waals surface area contributed by atoms with Crippen LogP contribution in [0.15, 0.2) is 24.3 Å². The molecule has 0 radical (unpaired) electrons. The van der Waals surface area contributed by atoms with Gasteiger partial charge in [0.15, 0.2) is 0 Å². The molecule has 1 aromatic carbocycles. The summed E-state index contributed by atoms with van der Waals surface area (Å²) in [5.41, 5.74) is 0.0703. The molecule has 2 heterocycles. The Bertz CT molecular complexity index is 793. The molecule has 2 saturated heterocycles. The summed E-state index contributed by atoms with van der Waals surface area (Å²) < 4.78 is 14.0. The highest BCUT2D eigenvalue weighted by atomic mass is 19.1. The van der Waals surface area contributed by atoms with E-state index in [0.29, 0.717) is 51.6 Å². The predicted molar refractivity (Wildman–Crippen MR) is 106 cm³/mol. The summed E-state index contributed by atoms with van der Waals surface area (Å²) in [6.07, 6.45) is 5.35. The molecule has 1 atom stereocenters. The number of amides is 3. The van der Waals surface area contributed by atoms with Crippen LogP contribution in [0.4, 0.5) is 4.39 Å². The largest absolute Gasteiger partial charge is 0.341 e. The zero-order valence-corrected chi connectivity index (χ0v) is 16.7. The SMILES string of the molecule is O=C(c1ccccc1F)N1CCCN(C(=O)C2CC(=O)N(C3CCCC3)C2)CC1. The highest BCUT2D eigenvalue weighted by Crippen LogP contribution is 2.30. The Kier molecular flexibility index (Phi) is 5.83. The number of nitrogens with zero attached hydrogens (tertiary/aromatic N) is 3. The number of carbonyl (C=O) groups excluding carboxylic acids is 3. The Labute approximate surface area is 170 Å². The number of hydrogen-bond donors (Lipinski definition) is 0. The first kappa shape index (κ1) is 19.9. The lowest BCUT2D eigenvalue weighted by Crippen LogP contribution is -2.41. The van der Waals surface area contributed by atoms with Gasteiger partial charge in [0.1, 0.15) is 5.82 Å². The molecule has 6 nitrogen and oxygen atoms in total. The van der Waals surface area contributed by atoms with Crippen molar-refractivity contribution < 1.29 is 18.8 Å². The molecule has 3 fully saturated rings. The van der Waals surface area contributed by atoms with Gasteiger partial charge in [0.25, 0.3) is 5.91 Å². The van der Waals surface area contributed by atoms with Crippen LogP contribution in [0.5, 0.6) is 0 Å². The second kappa shape index (κ2) is 8.51. The van der Waals surface area contributed by atoms with Gasteiger partial charge in [0, 0.05) is 45.2 Å². The third-order valence-corrected chi connectivity index (χ3v) is 6.47. The van der Waals surface area contributed by atoms with Crippen LogP contribution in [-0.4, -0.2) is 71.2 Å². The highest BCUT2D eigenvalue weighted by molar-refractivity contribution is 5.94. The van der Waals surface area contributed by atoms with Crippen LogP contribution >= 0.6 is 0 Å². The second-order valence-electron chi connectivity index (χ2n) is 8.34. The van der Waals surface area contributed by atoms with Crippen LogP contribution in [0.2, 0.25) is 0 Å². The van der Waals surface area contributed by atoms with Gasteiger partial charge < -0.3 is 14.7 Å². The van der Waals surface area contributed by atoms with E-state index in [1.54, 1.807) is 21.9 Å². The molecule has 4 rings (SSSR count). The number of benzene rings is 1. The van der Waals surface area contributed by atoms with E-state index in [1.807, 2.05) is 4.90 Å². The highest BCUT2D eigenvalue weighted by Gasteiger charge is 2.40. The van der Waals surface area contributed by atoms with Crippen molar-refractivity contribution in [1.82, 2.24) is 14.7 Å². The van der Waals surface area contributed by atoms with Crippen molar-refractivity contribution in [2.75, 3.05) is 32.7 Å². The van der Waals surface area contributed by atoms with E-state index < -0.39 is 5.82 Å². The third kappa shape index (κ3) is 4.14. The third-order valence-electron chi connectivity index (χ3n) is 6.47. The van der Waals surface area contributed by atoms with Crippen molar-refractivity contribution >= 4 is 17.7 Å². The molecule has 3 amide bonds. The quantitative estimate of drug-likeness (QED) is 0.781. The van der Waals surface area contributed by atoms with Crippen molar-refractivity contribution in [3.8, 4) is 0 Å². The van der Waals surface area contributed by atoms with E-state index in [9.17, 15) is 18.8 Å². The van der Waals surface area contributed by atoms with Crippen molar-refractivity contribution in [2.45, 2.75) is 44.6 Å². The first-order valence-electron chi connectivity index (χ1n) is 10.7. The van der Waals surface area contributed by atoms with E-state index in [1.165, 1.54) is 12.1 Å². The molecule has 7 heteroatoms. The number of halogens is 1. The van der Waals surface area contributed by atoms with Crippen LogP contribution in [0.3, 0.4) is 0 Å². The summed E-state index contributed by atoms with van der Waals surface area (Å²) in [5.74, 6) is -1.02. The molecule has 0 aromatic heterocycles. The second-order valence-corrected chi connectivity index (χ2v) is 8.34. The molecule has 29 heavy (non-hydrogen) atoms. The lowest BCUT2D eigenvalue weighted by molar-refractivity contribution is -0.135. The molecule has 3 aliphatic rings. The molecule has 1 aromatic rings. The summed E-state index contributed by atoms with van der Waals surface area (Å²) in [7, 11) is 0. The van der Waals surface area contributed by atoms with Crippen molar-refractivity contribution in [3.63, 3.8) is 0 Å². The molecule has 0 N–H and O–H groups in total. The van der Waals surface area contributed by atoms with E-state index in [0.717, 1.165) is 25.7 Å². The molecule has 156 valence electrons. The van der Waals surface area contributed by atoms with Crippen LogP contribution in [0.25, 0.3) is 0 Å². The number of rotatable bonds is 3. The van der Waals surface area contributed by atoms with Crippen molar-refractivity contribution in [3.05, 3.63) is 35.6 Å². The minimum atomic E-state index is -0.522. The van der Waals surface area contributed by atoms with E-state index in [-0.39, 0.29) is 29.2 Å². The first-order valence-corrected chi connectivity index (χ1v) is 10.7. The fraction of sp³-hybridized carbons (Fsp3) is 0.591. The molecule has 2 aliphatic heterocycles. The number of hydrogen-bond acceptors (Lipinski definition) is 3. The van der Waals surface area contributed by atoms with Crippen molar-refractivity contribution in [1.29, 1.82) is 0 Å². The normalized spacial score (nSPS) is 23.6. The Balaban J connectivity index is 1.36. The van der Waals surface area contributed by atoms with Gasteiger partial charge in [0.2, 0.25) is 11.8 Å². The predicted octanol–water partition coefficient (Wildman–Crippen LogP) is 2.29. The van der Waals surface area contributed by atoms with E-state index in [2.05, 4.69) is 0 Å². The first-order chi connectivity index (χ1) is 14.0. The van der Waals surface area contributed by atoms with Crippen LogP contribution in [0.1, 0.15) is 48.9 Å². The monoisotopic (exact) mass is 401 g/mol. The smallest absolute Gasteiger partial charge is 0.256 e. The summed E-state index contributed by atoms with van der Waals surface area (Å²) >= 11 is 0. The van der Waals surface area contributed by atoms with Crippen LogP contribution < -0.4 is 0 Å². The molecule has 0 spiro atoms. The fourth-order valence-corrected chi connectivity index (χ4v) is 4.87. The minimum absolute atomic E-state index is 0.0130. The average Bonchev–Trinajstić information content (AvgIpc) is 3.31. The van der Waals surface area contributed by atoms with Crippen LogP contribution in [0, 0.1) is 11.7 Å². The zero-order chi connectivity index (χ0) is 20.4. The van der Waals surface area contributed by atoms with Crippen molar-refractivity contribution in [2.24, 2.45) is 5.92 Å². The summed E-state index contributed by atoms with van der Waals surface area (Å²) in [4.78, 5) is 43.5. The molecular formula is C22H28FN3O3. The van der Waals surface area contributed by atoms with E-state index >= 15 is 0 Å².